The minimum absolute atomic E-state index is 0.0148. The van der Waals surface area contributed by atoms with E-state index in [0.29, 0.717) is 18.5 Å². The molecule has 0 radical (unpaired) electrons. The molecule has 8 nitrogen and oxygen atoms in total. The Hall–Kier alpha value is -3.08. The first kappa shape index (κ1) is 25.0. The van der Waals surface area contributed by atoms with Crippen molar-refractivity contribution in [2.45, 2.75) is 78.4 Å². The number of nitrogens with one attached hydrogen (secondary N) is 1. The molecule has 0 atom stereocenters. The molecule has 2 saturated heterocycles. The maximum Gasteiger partial charge on any atom is 0.407 e. The molecular formula is C27H37N5O3. The number of allylic oxidation sites excluding steroid dienone is 1. The Morgan fingerprint density at radius 2 is 1.86 bits per heavy atom. The number of aryl methyl sites for hydroxylation is 1. The van der Waals surface area contributed by atoms with Gasteiger partial charge in [-0.2, -0.15) is 5.26 Å². The SMILES string of the molecule is CC(=O)/C(C#N)=C(\c1cc(N2CC(NC(=O)OC(C)(C)C)C2)ncc1C)N1CCC2(CCC2)CC1. The van der Waals surface area contributed by atoms with E-state index in [1.165, 1.54) is 26.2 Å². The van der Waals surface area contributed by atoms with Crippen LogP contribution in [0.4, 0.5) is 10.6 Å². The molecule has 3 aliphatic rings. The number of likely N-dealkylation sites (tertiary alicyclic amines) is 1. The fourth-order valence-electron chi connectivity index (χ4n) is 5.31. The molecule has 1 aliphatic carbocycles. The number of Topliss-reactive ketones (excluding diaryl/α,β-unsaturated/α-hetero) is 1. The van der Waals surface area contributed by atoms with Gasteiger partial charge in [-0.15, -0.1) is 0 Å². The average Bonchev–Trinajstić information content (AvgIpc) is 2.72. The van der Waals surface area contributed by atoms with E-state index in [1.807, 2.05) is 40.0 Å². The summed E-state index contributed by atoms with van der Waals surface area (Å²) in [6.07, 6.45) is 7.51. The molecule has 1 aromatic heterocycles. The van der Waals surface area contributed by atoms with Crippen LogP contribution < -0.4 is 10.2 Å². The van der Waals surface area contributed by atoms with Crippen molar-refractivity contribution in [3.8, 4) is 6.07 Å². The van der Waals surface area contributed by atoms with Crippen LogP contribution in [0, 0.1) is 23.7 Å². The molecule has 1 N–H and O–H groups in total. The first-order chi connectivity index (χ1) is 16.5. The fraction of sp³-hybridized carbons (Fsp3) is 0.630. The van der Waals surface area contributed by atoms with Gasteiger partial charge in [0.05, 0.1) is 11.7 Å². The standard InChI is InChI=1S/C27H37N5O3/c1-18-15-29-23(32-16-20(17-32)30-25(34)35-26(3,4)5)13-21(18)24(22(14-28)19(2)33)31-11-9-27(10-12-31)7-6-8-27/h13,15,20H,6-12,16-17H2,1-5H3,(H,30,34)/b24-22+. The summed E-state index contributed by atoms with van der Waals surface area (Å²) >= 11 is 0. The van der Waals surface area contributed by atoms with Gasteiger partial charge in [-0.05, 0) is 77.3 Å². The number of carbonyl (C=O) groups is 2. The lowest BCUT2D eigenvalue weighted by atomic mass is 9.63. The molecular weight excluding hydrogens is 442 g/mol. The van der Waals surface area contributed by atoms with Crippen molar-refractivity contribution in [2.24, 2.45) is 5.41 Å². The van der Waals surface area contributed by atoms with Gasteiger partial charge in [-0.25, -0.2) is 9.78 Å². The lowest BCUT2D eigenvalue weighted by Gasteiger charge is -2.49. The van der Waals surface area contributed by atoms with Crippen LogP contribution in [0.2, 0.25) is 0 Å². The third-order valence-electron chi connectivity index (χ3n) is 7.53. The largest absolute Gasteiger partial charge is 0.444 e. The molecule has 3 heterocycles. The molecule has 0 unspecified atom stereocenters. The molecule has 0 aromatic carbocycles. The predicted molar refractivity (Wildman–Crippen MR) is 135 cm³/mol. The molecule has 2 aliphatic heterocycles. The molecule has 1 saturated carbocycles. The summed E-state index contributed by atoms with van der Waals surface area (Å²) in [5.41, 5.74) is 2.70. The van der Waals surface area contributed by atoms with Gasteiger partial charge in [0.15, 0.2) is 5.78 Å². The number of rotatable bonds is 5. The number of amides is 1. The molecule has 188 valence electrons. The summed E-state index contributed by atoms with van der Waals surface area (Å²) in [6, 6.07) is 4.16. The zero-order chi connectivity index (χ0) is 25.4. The molecule has 8 heteroatoms. The van der Waals surface area contributed by atoms with Gasteiger partial charge in [-0.1, -0.05) is 6.42 Å². The fourth-order valence-corrected chi connectivity index (χ4v) is 5.31. The molecule has 1 aromatic rings. The highest BCUT2D eigenvalue weighted by molar-refractivity contribution is 6.04. The van der Waals surface area contributed by atoms with E-state index in [1.54, 1.807) is 0 Å². The Labute approximate surface area is 208 Å². The van der Waals surface area contributed by atoms with Crippen molar-refractivity contribution >= 4 is 23.4 Å². The number of pyridine rings is 1. The summed E-state index contributed by atoms with van der Waals surface area (Å²) in [6.45, 7) is 11.9. The van der Waals surface area contributed by atoms with Crippen LogP contribution in [-0.2, 0) is 9.53 Å². The highest BCUT2D eigenvalue weighted by Crippen LogP contribution is 2.50. The second-order valence-corrected chi connectivity index (χ2v) is 11.3. The Kier molecular flexibility index (Phi) is 6.81. The third kappa shape index (κ3) is 5.44. The molecule has 1 spiro atoms. The number of ether oxygens (including phenoxy) is 1. The van der Waals surface area contributed by atoms with E-state index in [9.17, 15) is 14.9 Å². The Morgan fingerprint density at radius 1 is 1.20 bits per heavy atom. The van der Waals surface area contributed by atoms with Crippen LogP contribution in [0.15, 0.2) is 17.8 Å². The van der Waals surface area contributed by atoms with Crippen LogP contribution in [0.1, 0.15) is 70.9 Å². The first-order valence-corrected chi connectivity index (χ1v) is 12.6. The van der Waals surface area contributed by atoms with Crippen molar-refractivity contribution in [1.82, 2.24) is 15.2 Å². The Morgan fingerprint density at radius 3 is 2.37 bits per heavy atom. The smallest absolute Gasteiger partial charge is 0.407 e. The van der Waals surface area contributed by atoms with Gasteiger partial charge in [0.25, 0.3) is 0 Å². The van der Waals surface area contributed by atoms with Crippen molar-refractivity contribution in [3.63, 3.8) is 0 Å². The van der Waals surface area contributed by atoms with E-state index in [0.717, 1.165) is 48.6 Å². The molecule has 4 rings (SSSR count). The van der Waals surface area contributed by atoms with Gasteiger partial charge in [-0.3, -0.25) is 4.79 Å². The van der Waals surface area contributed by atoms with Gasteiger partial charge >= 0.3 is 6.09 Å². The van der Waals surface area contributed by atoms with Gasteiger partial charge in [0.2, 0.25) is 0 Å². The number of alkyl carbamates (subject to hydrolysis) is 1. The van der Waals surface area contributed by atoms with E-state index in [-0.39, 0.29) is 17.4 Å². The van der Waals surface area contributed by atoms with Crippen LogP contribution in [0.5, 0.6) is 0 Å². The number of carbonyl (C=O) groups excluding carboxylic acids is 2. The van der Waals surface area contributed by atoms with Crippen molar-refractivity contribution in [3.05, 3.63) is 29.0 Å². The summed E-state index contributed by atoms with van der Waals surface area (Å²) in [4.78, 5) is 33.5. The molecule has 3 fully saturated rings. The third-order valence-corrected chi connectivity index (χ3v) is 7.53. The summed E-state index contributed by atoms with van der Waals surface area (Å²) in [7, 11) is 0. The molecule has 1 amide bonds. The monoisotopic (exact) mass is 479 g/mol. The van der Waals surface area contributed by atoms with Crippen LogP contribution in [-0.4, -0.2) is 59.6 Å². The topological polar surface area (TPSA) is 98.6 Å². The number of nitrogens with zero attached hydrogens (tertiary/aromatic N) is 4. The van der Waals surface area contributed by atoms with Gasteiger partial charge < -0.3 is 19.9 Å². The zero-order valence-corrected chi connectivity index (χ0v) is 21.6. The maximum absolute atomic E-state index is 12.5. The first-order valence-electron chi connectivity index (χ1n) is 12.6. The maximum atomic E-state index is 12.5. The second kappa shape index (κ2) is 9.52. The number of ketones is 1. The summed E-state index contributed by atoms with van der Waals surface area (Å²) in [5, 5.41) is 12.8. The molecule has 35 heavy (non-hydrogen) atoms. The highest BCUT2D eigenvalue weighted by atomic mass is 16.6. The van der Waals surface area contributed by atoms with E-state index < -0.39 is 11.7 Å². The number of anilines is 1. The molecule has 0 bridgehead atoms. The van der Waals surface area contributed by atoms with Crippen LogP contribution in [0.25, 0.3) is 5.70 Å². The Balaban J connectivity index is 1.53. The lowest BCUT2D eigenvalue weighted by Crippen LogP contribution is -2.60. The minimum atomic E-state index is -0.536. The van der Waals surface area contributed by atoms with Crippen molar-refractivity contribution < 1.29 is 14.3 Å². The van der Waals surface area contributed by atoms with Gasteiger partial charge in [0, 0.05) is 37.9 Å². The number of piperidine rings is 1. The average molecular weight is 480 g/mol. The number of aromatic nitrogens is 1. The van der Waals surface area contributed by atoms with Crippen LogP contribution in [0.3, 0.4) is 0 Å². The summed E-state index contributed by atoms with van der Waals surface area (Å²) < 4.78 is 5.35. The Bertz CT molecular complexity index is 1060. The number of nitriles is 1. The predicted octanol–water partition coefficient (Wildman–Crippen LogP) is 4.19. The number of hydrogen-bond donors (Lipinski definition) is 1. The quantitative estimate of drug-likeness (QED) is 0.499. The highest BCUT2D eigenvalue weighted by Gasteiger charge is 2.40. The normalized spacial score (nSPS) is 20.3. The minimum Gasteiger partial charge on any atom is -0.444 e. The van der Waals surface area contributed by atoms with E-state index >= 15 is 0 Å². The van der Waals surface area contributed by atoms with E-state index in [4.69, 9.17) is 4.74 Å². The second-order valence-electron chi connectivity index (χ2n) is 11.3. The summed E-state index contributed by atoms with van der Waals surface area (Å²) in [5.74, 6) is 0.563. The van der Waals surface area contributed by atoms with Crippen LogP contribution >= 0.6 is 0 Å². The van der Waals surface area contributed by atoms with Gasteiger partial charge in [0.1, 0.15) is 23.1 Å². The van der Waals surface area contributed by atoms with Crippen molar-refractivity contribution in [1.29, 1.82) is 5.26 Å². The lowest BCUT2D eigenvalue weighted by molar-refractivity contribution is -0.113. The van der Waals surface area contributed by atoms with E-state index in [2.05, 4.69) is 26.2 Å². The zero-order valence-electron chi connectivity index (χ0n) is 21.6. The van der Waals surface area contributed by atoms with Crippen molar-refractivity contribution in [2.75, 3.05) is 31.1 Å². The number of hydrogen-bond acceptors (Lipinski definition) is 7.